The zero-order valence-electron chi connectivity index (χ0n) is 19.1. The van der Waals surface area contributed by atoms with E-state index in [1.807, 2.05) is 31.2 Å². The van der Waals surface area contributed by atoms with Crippen molar-refractivity contribution in [1.29, 1.82) is 0 Å². The third-order valence-electron chi connectivity index (χ3n) is 5.75. The number of carbonyl (C=O) groups is 2. The number of nitrogens with zero attached hydrogens (tertiary/aromatic N) is 2. The van der Waals surface area contributed by atoms with E-state index in [2.05, 4.69) is 33.2 Å². The maximum absolute atomic E-state index is 13.7. The van der Waals surface area contributed by atoms with Crippen LogP contribution in [0, 0.1) is 0 Å². The van der Waals surface area contributed by atoms with Gasteiger partial charge >= 0.3 is 0 Å². The molecule has 0 aliphatic carbocycles. The van der Waals surface area contributed by atoms with Gasteiger partial charge in [0.25, 0.3) is 5.56 Å². The predicted molar refractivity (Wildman–Crippen MR) is 141 cm³/mol. The number of aryl methyl sites for hydroxylation is 1. The van der Waals surface area contributed by atoms with Gasteiger partial charge in [-0.1, -0.05) is 41.9 Å². The summed E-state index contributed by atoms with van der Waals surface area (Å²) in [5.41, 5.74) is 2.74. The number of thiophene rings is 1. The van der Waals surface area contributed by atoms with Crippen molar-refractivity contribution in [3.05, 3.63) is 80.1 Å². The topological polar surface area (TPSA) is 81.1 Å². The Morgan fingerprint density at radius 2 is 1.76 bits per heavy atom. The molecule has 0 aliphatic rings. The van der Waals surface area contributed by atoms with Crippen molar-refractivity contribution in [2.45, 2.75) is 39.7 Å². The molecule has 0 bridgehead atoms. The second-order valence-electron chi connectivity index (χ2n) is 7.94. The Balaban J connectivity index is 1.75. The van der Waals surface area contributed by atoms with E-state index in [1.165, 1.54) is 29.2 Å². The number of rotatable bonds is 7. The van der Waals surface area contributed by atoms with Gasteiger partial charge in [0.05, 0.1) is 11.7 Å². The first-order valence-electron chi connectivity index (χ1n) is 11.0. The quantitative estimate of drug-likeness (QED) is 0.283. The number of Topliss-reactive ketones (excluding diaryl/α,β-unsaturated/α-hetero) is 1. The highest BCUT2D eigenvalue weighted by atomic mass is 79.9. The lowest BCUT2D eigenvalue weighted by Gasteiger charge is -2.18. The highest BCUT2D eigenvalue weighted by Crippen LogP contribution is 2.37. The zero-order chi connectivity index (χ0) is 24.4. The Kier molecular flexibility index (Phi) is 7.09. The molecule has 1 amide bonds. The van der Waals surface area contributed by atoms with Crippen LogP contribution in [0.1, 0.15) is 48.5 Å². The van der Waals surface area contributed by atoms with Gasteiger partial charge in [-0.2, -0.15) is 0 Å². The number of hydrogen-bond acceptors (Lipinski definition) is 5. The first-order chi connectivity index (χ1) is 16.3. The number of anilines is 1. The normalized spacial score (nSPS) is 12.0. The maximum atomic E-state index is 13.7. The molecule has 1 unspecified atom stereocenters. The summed E-state index contributed by atoms with van der Waals surface area (Å²) in [4.78, 5) is 44.7. The molecule has 1 N–H and O–H groups in total. The van der Waals surface area contributed by atoms with Crippen molar-refractivity contribution in [2.75, 3.05) is 5.32 Å². The van der Waals surface area contributed by atoms with Crippen molar-refractivity contribution in [3.8, 4) is 11.1 Å². The van der Waals surface area contributed by atoms with Crippen molar-refractivity contribution < 1.29 is 9.59 Å². The summed E-state index contributed by atoms with van der Waals surface area (Å²) < 4.78 is 2.39. The van der Waals surface area contributed by atoms with Crippen LogP contribution in [0.3, 0.4) is 0 Å². The maximum Gasteiger partial charge on any atom is 0.263 e. The molecule has 2 heterocycles. The molecule has 0 aliphatic heterocycles. The molecule has 6 nitrogen and oxygen atoms in total. The number of nitrogens with one attached hydrogen (secondary N) is 1. The molecule has 8 heteroatoms. The van der Waals surface area contributed by atoms with E-state index in [0.29, 0.717) is 27.9 Å². The van der Waals surface area contributed by atoms with E-state index in [4.69, 9.17) is 0 Å². The summed E-state index contributed by atoms with van der Waals surface area (Å²) in [6.07, 6.45) is 2.67. The van der Waals surface area contributed by atoms with Crippen LogP contribution in [0.5, 0.6) is 0 Å². The first kappa shape index (κ1) is 24.0. The molecule has 0 fully saturated rings. The van der Waals surface area contributed by atoms with E-state index in [-0.39, 0.29) is 17.2 Å². The van der Waals surface area contributed by atoms with Gasteiger partial charge in [-0.3, -0.25) is 19.0 Å². The molecule has 4 aromatic rings. The molecule has 4 rings (SSSR count). The molecule has 0 radical (unpaired) electrons. The fourth-order valence-electron chi connectivity index (χ4n) is 3.97. The van der Waals surface area contributed by atoms with Crippen LogP contribution in [0.2, 0.25) is 0 Å². The van der Waals surface area contributed by atoms with Gasteiger partial charge in [0.2, 0.25) is 5.91 Å². The van der Waals surface area contributed by atoms with Gasteiger partial charge in [-0.15, -0.1) is 11.3 Å². The summed E-state index contributed by atoms with van der Waals surface area (Å²) in [6.45, 7) is 5.42. The molecular weight excluding hydrogens is 514 g/mol. The molecule has 0 spiro atoms. The van der Waals surface area contributed by atoms with E-state index >= 15 is 0 Å². The molecule has 2 aromatic heterocycles. The molecule has 0 saturated carbocycles. The van der Waals surface area contributed by atoms with Crippen LogP contribution >= 0.6 is 27.3 Å². The Morgan fingerprint density at radius 1 is 1.09 bits per heavy atom. The minimum Gasteiger partial charge on any atom is -0.324 e. The summed E-state index contributed by atoms with van der Waals surface area (Å²) in [7, 11) is 0. The van der Waals surface area contributed by atoms with Crippen LogP contribution in [0.15, 0.2) is 64.1 Å². The zero-order valence-corrected chi connectivity index (χ0v) is 21.5. The van der Waals surface area contributed by atoms with Crippen LogP contribution < -0.4 is 10.9 Å². The average Bonchev–Trinajstić information content (AvgIpc) is 3.21. The number of carbonyl (C=O) groups excluding carboxylic acids is 2. The Hall–Kier alpha value is -3.10. The second-order valence-corrected chi connectivity index (χ2v) is 9.94. The molecule has 34 heavy (non-hydrogen) atoms. The number of aromatic nitrogens is 2. The number of fused-ring (bicyclic) bond motifs is 1. The highest BCUT2D eigenvalue weighted by Gasteiger charge is 2.24. The van der Waals surface area contributed by atoms with Gasteiger partial charge in [-0.05, 0) is 61.7 Å². The number of amides is 1. The number of ketones is 1. The highest BCUT2D eigenvalue weighted by molar-refractivity contribution is 9.10. The SMILES string of the molecule is CCc1sc2ncn(C(CC)C(=O)Nc3ccc(C(C)=O)cc3)c(=O)c2c1-c1ccc(Br)cc1. The van der Waals surface area contributed by atoms with Gasteiger partial charge in [-0.25, -0.2) is 4.98 Å². The van der Waals surface area contributed by atoms with E-state index in [1.54, 1.807) is 24.3 Å². The van der Waals surface area contributed by atoms with Gasteiger partial charge in [0.1, 0.15) is 10.9 Å². The third kappa shape index (κ3) is 4.60. The Morgan fingerprint density at radius 3 is 2.35 bits per heavy atom. The fraction of sp³-hybridized carbons (Fsp3) is 0.231. The second kappa shape index (κ2) is 10.0. The molecule has 0 saturated heterocycles. The lowest BCUT2D eigenvalue weighted by molar-refractivity contribution is -0.119. The van der Waals surface area contributed by atoms with Gasteiger partial charge in [0, 0.05) is 26.2 Å². The first-order valence-corrected chi connectivity index (χ1v) is 12.6. The Bertz CT molecular complexity index is 1420. The Labute approximate surface area is 209 Å². The largest absolute Gasteiger partial charge is 0.324 e. The molecular formula is C26H24BrN3O3S. The lowest BCUT2D eigenvalue weighted by atomic mass is 10.0. The van der Waals surface area contributed by atoms with Crippen molar-refractivity contribution in [3.63, 3.8) is 0 Å². The number of halogens is 1. The molecule has 1 atom stereocenters. The van der Waals surface area contributed by atoms with Crippen molar-refractivity contribution in [2.24, 2.45) is 0 Å². The number of hydrogen-bond donors (Lipinski definition) is 1. The lowest BCUT2D eigenvalue weighted by Crippen LogP contribution is -2.33. The molecule has 174 valence electrons. The predicted octanol–water partition coefficient (Wildman–Crippen LogP) is 6.24. The summed E-state index contributed by atoms with van der Waals surface area (Å²) in [6, 6.07) is 13.8. The fourth-order valence-corrected chi connectivity index (χ4v) is 5.32. The smallest absolute Gasteiger partial charge is 0.263 e. The molecule has 2 aromatic carbocycles. The summed E-state index contributed by atoms with van der Waals surface area (Å²) in [5, 5.41) is 3.41. The third-order valence-corrected chi connectivity index (χ3v) is 7.52. The van der Waals surface area contributed by atoms with Gasteiger partial charge in [0.15, 0.2) is 5.78 Å². The minimum absolute atomic E-state index is 0.0426. The number of benzene rings is 2. The minimum atomic E-state index is -0.723. The van der Waals surface area contributed by atoms with E-state index in [0.717, 1.165) is 26.9 Å². The summed E-state index contributed by atoms with van der Waals surface area (Å²) in [5.74, 6) is -0.350. The van der Waals surface area contributed by atoms with Crippen LogP contribution in [0.4, 0.5) is 5.69 Å². The average molecular weight is 538 g/mol. The van der Waals surface area contributed by atoms with E-state index in [9.17, 15) is 14.4 Å². The van der Waals surface area contributed by atoms with E-state index < -0.39 is 6.04 Å². The van der Waals surface area contributed by atoms with Crippen molar-refractivity contribution >= 4 is 54.9 Å². The van der Waals surface area contributed by atoms with Crippen LogP contribution in [-0.2, 0) is 11.2 Å². The monoisotopic (exact) mass is 537 g/mol. The van der Waals surface area contributed by atoms with Crippen LogP contribution in [-0.4, -0.2) is 21.2 Å². The van der Waals surface area contributed by atoms with Crippen molar-refractivity contribution in [1.82, 2.24) is 9.55 Å². The standard InChI is InChI=1S/C26H24BrN3O3S/c1-4-20(24(32)29-19-12-8-16(9-13-19)15(3)31)30-14-28-25-23(26(30)33)22(21(5-2)34-25)17-6-10-18(27)11-7-17/h6-14,20H,4-5H2,1-3H3,(H,29,32). The summed E-state index contributed by atoms with van der Waals surface area (Å²) >= 11 is 4.98. The van der Waals surface area contributed by atoms with Crippen LogP contribution in [0.25, 0.3) is 21.3 Å². The van der Waals surface area contributed by atoms with Gasteiger partial charge < -0.3 is 5.32 Å².